The van der Waals surface area contributed by atoms with Gasteiger partial charge in [-0.1, -0.05) is 158 Å². The molecule has 11 heteroatoms. The highest BCUT2D eigenvalue weighted by Crippen LogP contribution is 2.27. The van der Waals surface area contributed by atoms with E-state index in [-0.39, 0.29) is 46.1 Å². The molecule has 0 spiro atoms. The minimum absolute atomic E-state index is 0.0327. The lowest BCUT2D eigenvalue weighted by molar-refractivity contribution is -0.176. The summed E-state index contributed by atoms with van der Waals surface area (Å²) in [5.41, 5.74) is 4.25. The van der Waals surface area contributed by atoms with E-state index in [2.05, 4.69) is 11.9 Å². The van der Waals surface area contributed by atoms with Gasteiger partial charge in [-0.05, 0) is 34.2 Å². The molecule has 0 saturated heterocycles. The van der Waals surface area contributed by atoms with Gasteiger partial charge in [-0.15, -0.1) is 6.58 Å². The number of hydrogen-bond donors (Lipinski definition) is 1. The zero-order valence-electron chi connectivity index (χ0n) is 32.1. The van der Waals surface area contributed by atoms with Crippen molar-refractivity contribution >= 4 is 16.2 Å². The van der Waals surface area contributed by atoms with Gasteiger partial charge in [-0.2, -0.15) is 8.42 Å². The summed E-state index contributed by atoms with van der Waals surface area (Å²) in [6, 6.07) is 46.6. The molecule has 5 rings (SSSR count). The van der Waals surface area contributed by atoms with E-state index < -0.39 is 46.7 Å². The summed E-state index contributed by atoms with van der Waals surface area (Å²) < 4.78 is 64.4. The second-order valence-electron chi connectivity index (χ2n) is 13.5. The highest BCUT2D eigenvalue weighted by Gasteiger charge is 2.44. The standard InChI is InChI=1S/C46H51NO9S/c1-3-19-41(47-46(48)55-34-40-28-17-8-18-29-40)43(53-32-38-24-13-6-14-25-38)45(54-33-39-26-15-7-16-27-39)44(56-57(2,49)50)42(52-31-37-22-11-5-12-23-37)35-51-30-36-20-9-4-10-21-36/h3-18,20-29,41-45H,1,19,30-35H2,2H3,(H,47,48)/t41?,42-,43+,44-,45-/m1/s1. The lowest BCUT2D eigenvalue weighted by Gasteiger charge is -2.39. The van der Waals surface area contributed by atoms with Crippen LogP contribution in [-0.4, -0.2) is 57.8 Å². The van der Waals surface area contributed by atoms with Crippen LogP contribution in [0.1, 0.15) is 34.2 Å². The molecule has 0 aliphatic rings. The lowest BCUT2D eigenvalue weighted by Crippen LogP contribution is -2.58. The van der Waals surface area contributed by atoms with E-state index in [1.807, 2.05) is 152 Å². The molecule has 5 atom stereocenters. The van der Waals surface area contributed by atoms with Crippen LogP contribution in [-0.2, 0) is 71.0 Å². The molecule has 0 aliphatic heterocycles. The van der Waals surface area contributed by atoms with Gasteiger partial charge in [-0.3, -0.25) is 4.18 Å². The number of benzene rings is 5. The molecule has 0 radical (unpaired) electrons. The van der Waals surface area contributed by atoms with Gasteiger partial charge in [0.2, 0.25) is 0 Å². The monoisotopic (exact) mass is 793 g/mol. The fourth-order valence-corrected chi connectivity index (χ4v) is 6.77. The minimum atomic E-state index is -4.16. The van der Waals surface area contributed by atoms with Crippen molar-refractivity contribution < 1.29 is 41.1 Å². The van der Waals surface area contributed by atoms with E-state index in [0.29, 0.717) is 0 Å². The van der Waals surface area contributed by atoms with Crippen LogP contribution in [0.15, 0.2) is 164 Å². The van der Waals surface area contributed by atoms with E-state index in [0.717, 1.165) is 34.1 Å². The molecular formula is C46H51NO9S. The molecule has 5 aromatic rings. The van der Waals surface area contributed by atoms with Crippen LogP contribution in [0.4, 0.5) is 4.79 Å². The van der Waals surface area contributed by atoms with E-state index in [1.54, 1.807) is 6.08 Å². The van der Waals surface area contributed by atoms with E-state index in [1.165, 1.54) is 0 Å². The molecular weight excluding hydrogens is 743 g/mol. The Labute approximate surface area is 336 Å². The molecule has 0 heterocycles. The molecule has 1 unspecified atom stereocenters. The Morgan fingerprint density at radius 1 is 0.579 bits per heavy atom. The predicted molar refractivity (Wildman–Crippen MR) is 219 cm³/mol. The van der Waals surface area contributed by atoms with Crippen LogP contribution < -0.4 is 5.32 Å². The Morgan fingerprint density at radius 3 is 1.42 bits per heavy atom. The van der Waals surface area contributed by atoms with E-state index in [9.17, 15) is 13.2 Å². The quantitative estimate of drug-likeness (QED) is 0.0488. The Kier molecular flexibility index (Phi) is 17.5. The van der Waals surface area contributed by atoms with Crippen molar-refractivity contribution in [1.82, 2.24) is 5.32 Å². The Bertz CT molecular complexity index is 1990. The topological polar surface area (TPSA) is 119 Å². The zero-order chi connectivity index (χ0) is 40.1. The average Bonchev–Trinajstić information content (AvgIpc) is 3.23. The minimum Gasteiger partial charge on any atom is -0.445 e. The number of nitrogens with one attached hydrogen (secondary N) is 1. The number of amides is 1. The van der Waals surface area contributed by atoms with Crippen molar-refractivity contribution in [3.05, 3.63) is 192 Å². The number of carbonyl (C=O) groups excluding carboxylic acids is 1. The van der Waals surface area contributed by atoms with Gasteiger partial charge in [0.15, 0.2) is 0 Å². The summed E-state index contributed by atoms with van der Waals surface area (Å²) in [6.07, 6.45) is -2.44. The molecule has 5 aromatic carbocycles. The van der Waals surface area contributed by atoms with Crippen LogP contribution in [0.25, 0.3) is 0 Å². The van der Waals surface area contributed by atoms with Crippen molar-refractivity contribution in [3.63, 3.8) is 0 Å². The van der Waals surface area contributed by atoms with Crippen LogP contribution in [0.2, 0.25) is 0 Å². The van der Waals surface area contributed by atoms with Gasteiger partial charge in [0.05, 0.1) is 45.3 Å². The van der Waals surface area contributed by atoms with Gasteiger partial charge in [0.1, 0.15) is 31.0 Å². The van der Waals surface area contributed by atoms with Gasteiger partial charge in [0.25, 0.3) is 10.1 Å². The maximum absolute atomic E-state index is 13.5. The smallest absolute Gasteiger partial charge is 0.407 e. The number of rotatable bonds is 24. The third-order valence-electron chi connectivity index (χ3n) is 8.90. The molecule has 0 bridgehead atoms. The highest BCUT2D eigenvalue weighted by atomic mass is 32.2. The molecule has 0 fully saturated rings. The average molecular weight is 794 g/mol. The molecule has 300 valence electrons. The lowest BCUT2D eigenvalue weighted by atomic mass is 9.94. The summed E-state index contributed by atoms with van der Waals surface area (Å²) >= 11 is 0. The van der Waals surface area contributed by atoms with Crippen LogP contribution in [0.5, 0.6) is 0 Å². The molecule has 57 heavy (non-hydrogen) atoms. The second kappa shape index (κ2) is 23.2. The fourth-order valence-electron chi connectivity index (χ4n) is 6.13. The number of hydrogen-bond acceptors (Lipinski definition) is 9. The van der Waals surface area contributed by atoms with Crippen molar-refractivity contribution in [2.24, 2.45) is 0 Å². The van der Waals surface area contributed by atoms with Crippen molar-refractivity contribution in [1.29, 1.82) is 0 Å². The first-order valence-corrected chi connectivity index (χ1v) is 20.6. The van der Waals surface area contributed by atoms with Crippen LogP contribution >= 0.6 is 0 Å². The van der Waals surface area contributed by atoms with E-state index in [4.69, 9.17) is 27.9 Å². The molecule has 0 aliphatic carbocycles. The molecule has 0 aromatic heterocycles. The summed E-state index contributed by atoms with van der Waals surface area (Å²) in [5.74, 6) is 0. The highest BCUT2D eigenvalue weighted by molar-refractivity contribution is 7.86. The summed E-state index contributed by atoms with van der Waals surface area (Å²) in [7, 11) is -4.16. The molecule has 0 saturated carbocycles. The third-order valence-corrected chi connectivity index (χ3v) is 9.48. The summed E-state index contributed by atoms with van der Waals surface area (Å²) in [5, 5.41) is 2.97. The number of ether oxygens (including phenoxy) is 5. The van der Waals surface area contributed by atoms with Gasteiger partial charge < -0.3 is 29.0 Å². The maximum Gasteiger partial charge on any atom is 0.407 e. The fraction of sp³-hybridized carbons (Fsp3) is 0.283. The Morgan fingerprint density at radius 2 is 0.982 bits per heavy atom. The SMILES string of the molecule is C=CCC(NC(=O)OCc1ccccc1)[C@H](OCc1ccccc1)[C@@H](OCc1ccccc1)[C@H](OS(C)(=O)=O)[C@@H](COCc1ccccc1)OCc1ccccc1. The van der Waals surface area contributed by atoms with Crippen molar-refractivity contribution in [2.75, 3.05) is 12.9 Å². The molecule has 10 nitrogen and oxygen atoms in total. The van der Waals surface area contributed by atoms with Gasteiger partial charge >= 0.3 is 6.09 Å². The van der Waals surface area contributed by atoms with Crippen LogP contribution in [0.3, 0.4) is 0 Å². The second-order valence-corrected chi connectivity index (χ2v) is 15.1. The summed E-state index contributed by atoms with van der Waals surface area (Å²) in [6.45, 7) is 4.42. The normalized spacial score (nSPS) is 14.1. The third kappa shape index (κ3) is 15.4. The molecule has 1 N–H and O–H groups in total. The summed E-state index contributed by atoms with van der Waals surface area (Å²) in [4.78, 5) is 13.5. The number of carbonyl (C=O) groups is 1. The molecule has 1 amide bonds. The van der Waals surface area contributed by atoms with Gasteiger partial charge in [-0.25, -0.2) is 4.79 Å². The largest absolute Gasteiger partial charge is 0.445 e. The maximum atomic E-state index is 13.5. The Balaban J connectivity index is 1.55. The van der Waals surface area contributed by atoms with Gasteiger partial charge in [0, 0.05) is 0 Å². The zero-order valence-corrected chi connectivity index (χ0v) is 33.0. The predicted octanol–water partition coefficient (Wildman–Crippen LogP) is 8.18. The first kappa shape index (κ1) is 43.0. The van der Waals surface area contributed by atoms with Crippen molar-refractivity contribution in [3.8, 4) is 0 Å². The Hall–Kier alpha value is -5.14. The van der Waals surface area contributed by atoms with Crippen LogP contribution in [0, 0.1) is 0 Å². The van der Waals surface area contributed by atoms with E-state index >= 15 is 0 Å². The first-order valence-electron chi connectivity index (χ1n) is 18.8. The van der Waals surface area contributed by atoms with Crippen molar-refractivity contribution in [2.45, 2.75) is 69.9 Å². The number of alkyl carbamates (subject to hydrolysis) is 1. The first-order chi connectivity index (χ1) is 27.8.